The molecule has 0 saturated heterocycles. The van der Waals surface area contributed by atoms with Crippen molar-refractivity contribution in [1.29, 1.82) is 0 Å². The molecule has 1 atom stereocenters. The fourth-order valence-electron chi connectivity index (χ4n) is 1.76. The van der Waals surface area contributed by atoms with E-state index in [1.807, 2.05) is 13.0 Å². The second kappa shape index (κ2) is 5.43. The van der Waals surface area contributed by atoms with E-state index in [2.05, 4.69) is 29.8 Å². The minimum atomic E-state index is -0.169. The van der Waals surface area contributed by atoms with Gasteiger partial charge in [-0.15, -0.1) is 11.3 Å². The lowest BCUT2D eigenvalue weighted by Crippen LogP contribution is -2.17. The molecule has 0 aliphatic carbocycles. The summed E-state index contributed by atoms with van der Waals surface area (Å²) in [7, 11) is 0. The third-order valence-corrected chi connectivity index (χ3v) is 3.93. The Morgan fingerprint density at radius 3 is 2.82 bits per heavy atom. The van der Waals surface area contributed by atoms with E-state index >= 15 is 0 Å². The van der Waals surface area contributed by atoms with Crippen molar-refractivity contribution < 1.29 is 4.39 Å². The van der Waals surface area contributed by atoms with Gasteiger partial charge in [0.05, 0.1) is 0 Å². The van der Waals surface area contributed by atoms with E-state index in [-0.39, 0.29) is 5.82 Å². The maximum Gasteiger partial charge on any atom is 0.123 e. The van der Waals surface area contributed by atoms with Gasteiger partial charge in [0.2, 0.25) is 0 Å². The minimum Gasteiger partial charge on any atom is -0.305 e. The number of hydrogen-bond donors (Lipinski definition) is 1. The van der Waals surface area contributed by atoms with E-state index in [0.717, 1.165) is 17.7 Å². The van der Waals surface area contributed by atoms with Crippen molar-refractivity contribution in [2.75, 3.05) is 0 Å². The predicted molar refractivity (Wildman–Crippen MR) is 70.7 cm³/mol. The second-order valence-corrected chi connectivity index (χ2v) is 5.17. The molecule has 1 unspecified atom stereocenters. The van der Waals surface area contributed by atoms with Gasteiger partial charge >= 0.3 is 0 Å². The van der Waals surface area contributed by atoms with Gasteiger partial charge in [0.15, 0.2) is 0 Å². The van der Waals surface area contributed by atoms with Gasteiger partial charge in [-0.25, -0.2) is 4.39 Å². The molecular weight excluding hydrogens is 233 g/mol. The maximum absolute atomic E-state index is 13.0. The van der Waals surface area contributed by atoms with Crippen LogP contribution in [0.1, 0.15) is 29.0 Å². The molecule has 0 spiro atoms. The maximum atomic E-state index is 13.0. The molecule has 0 aliphatic rings. The SMILES string of the molecule is Cc1cc(F)ccc1CNC(C)c1cccs1. The van der Waals surface area contributed by atoms with Crippen molar-refractivity contribution in [3.63, 3.8) is 0 Å². The average Bonchev–Trinajstić information content (AvgIpc) is 2.81. The zero-order valence-corrected chi connectivity index (χ0v) is 10.9. The van der Waals surface area contributed by atoms with E-state index < -0.39 is 0 Å². The zero-order valence-electron chi connectivity index (χ0n) is 10.0. The summed E-state index contributed by atoms with van der Waals surface area (Å²) in [4.78, 5) is 1.32. The largest absolute Gasteiger partial charge is 0.305 e. The highest BCUT2D eigenvalue weighted by atomic mass is 32.1. The Hall–Kier alpha value is -1.19. The van der Waals surface area contributed by atoms with Crippen LogP contribution in [0, 0.1) is 12.7 Å². The van der Waals surface area contributed by atoms with Crippen LogP contribution in [0.5, 0.6) is 0 Å². The summed E-state index contributed by atoms with van der Waals surface area (Å²) in [6.45, 7) is 4.85. The van der Waals surface area contributed by atoms with Crippen LogP contribution in [0.15, 0.2) is 35.7 Å². The van der Waals surface area contributed by atoms with Gasteiger partial charge in [-0.1, -0.05) is 12.1 Å². The summed E-state index contributed by atoms with van der Waals surface area (Å²) in [5, 5.41) is 5.53. The van der Waals surface area contributed by atoms with E-state index in [1.54, 1.807) is 17.4 Å². The molecular formula is C14H16FNS. The first-order valence-corrected chi connectivity index (χ1v) is 6.56. The molecule has 90 valence electrons. The van der Waals surface area contributed by atoms with Crippen LogP contribution >= 0.6 is 11.3 Å². The molecule has 17 heavy (non-hydrogen) atoms. The smallest absolute Gasteiger partial charge is 0.123 e. The molecule has 2 aromatic rings. The van der Waals surface area contributed by atoms with E-state index in [1.165, 1.54) is 10.9 Å². The summed E-state index contributed by atoms with van der Waals surface area (Å²) in [6, 6.07) is 9.45. The Morgan fingerprint density at radius 2 is 2.18 bits per heavy atom. The van der Waals surface area contributed by atoms with Crippen molar-refractivity contribution >= 4 is 11.3 Å². The molecule has 1 nitrogen and oxygen atoms in total. The Morgan fingerprint density at radius 1 is 1.35 bits per heavy atom. The first kappa shape index (κ1) is 12.3. The molecule has 0 amide bonds. The lowest BCUT2D eigenvalue weighted by Gasteiger charge is -2.13. The van der Waals surface area contributed by atoms with Crippen molar-refractivity contribution in [2.45, 2.75) is 26.4 Å². The Kier molecular flexibility index (Phi) is 3.92. The number of aryl methyl sites for hydroxylation is 1. The highest BCUT2D eigenvalue weighted by molar-refractivity contribution is 7.10. The van der Waals surface area contributed by atoms with Crippen LogP contribution in [0.25, 0.3) is 0 Å². The van der Waals surface area contributed by atoms with Gasteiger partial charge < -0.3 is 5.32 Å². The number of nitrogens with one attached hydrogen (secondary N) is 1. The highest BCUT2D eigenvalue weighted by Crippen LogP contribution is 2.19. The third-order valence-electron chi connectivity index (χ3n) is 2.87. The van der Waals surface area contributed by atoms with E-state index in [4.69, 9.17) is 0 Å². The average molecular weight is 249 g/mol. The number of thiophene rings is 1. The topological polar surface area (TPSA) is 12.0 Å². The zero-order chi connectivity index (χ0) is 12.3. The molecule has 0 radical (unpaired) electrons. The van der Waals surface area contributed by atoms with Gasteiger partial charge in [0.1, 0.15) is 5.82 Å². The van der Waals surface area contributed by atoms with Gasteiger partial charge in [-0.05, 0) is 48.6 Å². The van der Waals surface area contributed by atoms with E-state index in [9.17, 15) is 4.39 Å². The third kappa shape index (κ3) is 3.14. The van der Waals surface area contributed by atoms with Crippen LogP contribution in [-0.4, -0.2) is 0 Å². The Labute approximate surface area is 105 Å². The van der Waals surface area contributed by atoms with Crippen LogP contribution in [0.4, 0.5) is 4.39 Å². The van der Waals surface area contributed by atoms with Crippen LogP contribution < -0.4 is 5.32 Å². The Bertz CT molecular complexity index is 479. The number of benzene rings is 1. The van der Waals surface area contributed by atoms with Crippen LogP contribution in [-0.2, 0) is 6.54 Å². The normalized spacial score (nSPS) is 12.6. The first-order chi connectivity index (χ1) is 8.16. The summed E-state index contributed by atoms with van der Waals surface area (Å²) in [5.74, 6) is -0.169. The lowest BCUT2D eigenvalue weighted by molar-refractivity contribution is 0.578. The van der Waals surface area contributed by atoms with Crippen molar-refractivity contribution in [3.8, 4) is 0 Å². The van der Waals surface area contributed by atoms with Gasteiger partial charge in [-0.3, -0.25) is 0 Å². The fourth-order valence-corrected chi connectivity index (χ4v) is 2.52. The quantitative estimate of drug-likeness (QED) is 0.862. The molecule has 0 fully saturated rings. The van der Waals surface area contributed by atoms with Gasteiger partial charge in [0.25, 0.3) is 0 Å². The molecule has 0 aliphatic heterocycles. The molecule has 1 aromatic heterocycles. The van der Waals surface area contributed by atoms with Crippen molar-refractivity contribution in [1.82, 2.24) is 5.32 Å². The number of hydrogen-bond acceptors (Lipinski definition) is 2. The molecule has 0 bridgehead atoms. The van der Waals surface area contributed by atoms with Gasteiger partial charge in [-0.2, -0.15) is 0 Å². The molecule has 1 heterocycles. The van der Waals surface area contributed by atoms with Crippen LogP contribution in [0.2, 0.25) is 0 Å². The lowest BCUT2D eigenvalue weighted by atomic mass is 10.1. The molecule has 3 heteroatoms. The molecule has 2 rings (SSSR count). The summed E-state index contributed by atoms with van der Waals surface area (Å²) in [5.41, 5.74) is 2.14. The molecule has 1 aromatic carbocycles. The summed E-state index contributed by atoms with van der Waals surface area (Å²) < 4.78 is 13.0. The number of halogens is 1. The van der Waals surface area contributed by atoms with Crippen molar-refractivity contribution in [2.24, 2.45) is 0 Å². The predicted octanol–water partition coefficient (Wildman–Crippen LogP) is 4.05. The number of rotatable bonds is 4. The highest BCUT2D eigenvalue weighted by Gasteiger charge is 2.06. The summed E-state index contributed by atoms with van der Waals surface area (Å²) in [6.07, 6.45) is 0. The fraction of sp³-hybridized carbons (Fsp3) is 0.286. The Balaban J connectivity index is 1.98. The monoisotopic (exact) mass is 249 g/mol. The first-order valence-electron chi connectivity index (χ1n) is 5.68. The minimum absolute atomic E-state index is 0.169. The van der Waals surface area contributed by atoms with Crippen LogP contribution in [0.3, 0.4) is 0 Å². The van der Waals surface area contributed by atoms with E-state index in [0.29, 0.717) is 6.04 Å². The second-order valence-electron chi connectivity index (χ2n) is 4.19. The summed E-state index contributed by atoms with van der Waals surface area (Å²) >= 11 is 1.75. The molecule has 1 N–H and O–H groups in total. The standard InChI is InChI=1S/C14H16FNS/c1-10-8-13(15)6-5-12(10)9-16-11(2)14-4-3-7-17-14/h3-8,11,16H,9H2,1-2H3. The molecule has 0 saturated carbocycles. The van der Waals surface area contributed by atoms with Gasteiger partial charge in [0, 0.05) is 17.5 Å². The van der Waals surface area contributed by atoms with Crippen molar-refractivity contribution in [3.05, 3.63) is 57.5 Å².